The lowest BCUT2D eigenvalue weighted by atomic mass is 10.0. The molecule has 0 aliphatic heterocycles. The molecule has 1 unspecified atom stereocenters. The van der Waals surface area contributed by atoms with Gasteiger partial charge >= 0.3 is 0 Å². The lowest BCUT2D eigenvalue weighted by Gasteiger charge is -2.14. The van der Waals surface area contributed by atoms with Gasteiger partial charge in [-0.15, -0.1) is 10.2 Å². The number of nitrogens with one attached hydrogen (secondary N) is 1. The second kappa shape index (κ2) is 10.4. The van der Waals surface area contributed by atoms with E-state index in [-0.39, 0.29) is 11.2 Å². The number of rotatable bonds is 8. The molecule has 0 saturated heterocycles. The van der Waals surface area contributed by atoms with Crippen LogP contribution in [0.2, 0.25) is 0 Å². The summed E-state index contributed by atoms with van der Waals surface area (Å²) in [6.45, 7) is 6.79. The standard InChI is InChI=1S/C26H27N5OS/c1-18(2)21-11-13-23(14-12-21)28-25(32)19(3)33-26-30-29-24(22-10-7-15-27-16-22)31(26)17-20-8-5-4-6-9-20/h4-16,18-19H,17H2,1-3H3,(H,28,32). The molecule has 7 heteroatoms. The van der Waals surface area contributed by atoms with Crippen molar-refractivity contribution in [3.05, 3.63) is 90.3 Å². The SMILES string of the molecule is CC(Sc1nnc(-c2cccnc2)n1Cc1ccccc1)C(=O)Nc1ccc(C(C)C)cc1. The van der Waals surface area contributed by atoms with Crippen LogP contribution >= 0.6 is 11.8 Å². The Morgan fingerprint density at radius 2 is 1.73 bits per heavy atom. The highest BCUT2D eigenvalue weighted by molar-refractivity contribution is 8.00. The summed E-state index contributed by atoms with van der Waals surface area (Å²) in [6, 6.07) is 22.0. The minimum atomic E-state index is -0.352. The molecule has 0 radical (unpaired) electrons. The first kappa shape index (κ1) is 22.7. The van der Waals surface area contributed by atoms with Crippen molar-refractivity contribution in [3.8, 4) is 11.4 Å². The molecular formula is C26H27N5OS. The van der Waals surface area contributed by atoms with Crippen LogP contribution in [0, 0.1) is 0 Å². The largest absolute Gasteiger partial charge is 0.325 e. The van der Waals surface area contributed by atoms with Crippen LogP contribution in [0.15, 0.2) is 84.3 Å². The van der Waals surface area contributed by atoms with Gasteiger partial charge in [-0.2, -0.15) is 0 Å². The zero-order valence-corrected chi connectivity index (χ0v) is 19.8. The molecule has 4 rings (SSSR count). The van der Waals surface area contributed by atoms with Gasteiger partial charge in [-0.25, -0.2) is 0 Å². The molecule has 2 aromatic heterocycles. The average molecular weight is 458 g/mol. The molecule has 0 aliphatic rings. The summed E-state index contributed by atoms with van der Waals surface area (Å²) in [5.74, 6) is 1.11. The van der Waals surface area contributed by atoms with E-state index in [9.17, 15) is 4.79 Å². The maximum absolute atomic E-state index is 12.9. The van der Waals surface area contributed by atoms with Gasteiger partial charge in [-0.1, -0.05) is 68.1 Å². The predicted molar refractivity (Wildman–Crippen MR) is 133 cm³/mol. The molecular weight excluding hydrogens is 430 g/mol. The van der Waals surface area contributed by atoms with E-state index in [1.54, 1.807) is 12.4 Å². The van der Waals surface area contributed by atoms with E-state index >= 15 is 0 Å². The number of thioether (sulfide) groups is 1. The zero-order valence-electron chi connectivity index (χ0n) is 19.0. The summed E-state index contributed by atoms with van der Waals surface area (Å²) in [5.41, 5.74) is 4.05. The first-order chi connectivity index (χ1) is 16.0. The van der Waals surface area contributed by atoms with E-state index in [1.807, 2.05) is 54.0 Å². The third-order valence-corrected chi connectivity index (χ3v) is 6.40. The van der Waals surface area contributed by atoms with Crippen molar-refractivity contribution >= 4 is 23.4 Å². The quantitative estimate of drug-likeness (QED) is 0.347. The molecule has 4 aromatic rings. The van der Waals surface area contributed by atoms with Gasteiger partial charge in [-0.3, -0.25) is 14.3 Å². The number of carbonyl (C=O) groups excluding carboxylic acids is 1. The topological polar surface area (TPSA) is 72.7 Å². The molecule has 2 aromatic carbocycles. The Kier molecular flexibility index (Phi) is 7.19. The smallest absolute Gasteiger partial charge is 0.237 e. The van der Waals surface area contributed by atoms with Crippen LogP contribution in [0.3, 0.4) is 0 Å². The van der Waals surface area contributed by atoms with Gasteiger partial charge in [0.25, 0.3) is 0 Å². The van der Waals surface area contributed by atoms with E-state index < -0.39 is 0 Å². The summed E-state index contributed by atoms with van der Waals surface area (Å²) in [5, 5.41) is 12.2. The monoisotopic (exact) mass is 457 g/mol. The lowest BCUT2D eigenvalue weighted by molar-refractivity contribution is -0.115. The summed E-state index contributed by atoms with van der Waals surface area (Å²) >= 11 is 1.40. The molecule has 0 fully saturated rings. The fraction of sp³-hybridized carbons (Fsp3) is 0.231. The number of carbonyl (C=O) groups is 1. The van der Waals surface area contributed by atoms with Crippen molar-refractivity contribution in [2.45, 2.75) is 43.6 Å². The van der Waals surface area contributed by atoms with Crippen LogP contribution in [0.1, 0.15) is 37.8 Å². The number of amides is 1. The average Bonchev–Trinajstić information content (AvgIpc) is 3.22. The second-order valence-electron chi connectivity index (χ2n) is 8.15. The van der Waals surface area contributed by atoms with E-state index in [2.05, 4.69) is 58.6 Å². The van der Waals surface area contributed by atoms with Gasteiger partial charge in [0, 0.05) is 23.6 Å². The fourth-order valence-corrected chi connectivity index (χ4v) is 4.25. The zero-order chi connectivity index (χ0) is 23.2. The van der Waals surface area contributed by atoms with Crippen molar-refractivity contribution in [1.29, 1.82) is 0 Å². The predicted octanol–water partition coefficient (Wildman–Crippen LogP) is 5.63. The summed E-state index contributed by atoms with van der Waals surface area (Å²) in [6.07, 6.45) is 3.51. The molecule has 33 heavy (non-hydrogen) atoms. The number of hydrogen-bond donors (Lipinski definition) is 1. The highest BCUT2D eigenvalue weighted by atomic mass is 32.2. The Bertz CT molecular complexity index is 1190. The van der Waals surface area contributed by atoms with E-state index in [0.29, 0.717) is 17.6 Å². The van der Waals surface area contributed by atoms with E-state index in [0.717, 1.165) is 22.6 Å². The number of benzene rings is 2. The Hall–Kier alpha value is -3.45. The van der Waals surface area contributed by atoms with Gasteiger partial charge in [-0.05, 0) is 48.2 Å². The Labute approximate surface area is 198 Å². The molecule has 0 saturated carbocycles. The van der Waals surface area contributed by atoms with Crippen molar-refractivity contribution in [1.82, 2.24) is 19.7 Å². The third kappa shape index (κ3) is 5.68. The number of anilines is 1. The van der Waals surface area contributed by atoms with E-state index in [4.69, 9.17) is 0 Å². The Morgan fingerprint density at radius 3 is 2.39 bits per heavy atom. The van der Waals surface area contributed by atoms with Gasteiger partial charge < -0.3 is 5.32 Å². The molecule has 168 valence electrons. The van der Waals surface area contributed by atoms with Gasteiger partial charge in [0.15, 0.2) is 11.0 Å². The van der Waals surface area contributed by atoms with Crippen LogP contribution < -0.4 is 5.32 Å². The first-order valence-electron chi connectivity index (χ1n) is 11.0. The van der Waals surface area contributed by atoms with E-state index in [1.165, 1.54) is 17.3 Å². The highest BCUT2D eigenvalue weighted by Crippen LogP contribution is 2.28. The lowest BCUT2D eigenvalue weighted by Crippen LogP contribution is -2.23. The highest BCUT2D eigenvalue weighted by Gasteiger charge is 2.21. The molecule has 2 heterocycles. The minimum Gasteiger partial charge on any atom is -0.325 e. The first-order valence-corrected chi connectivity index (χ1v) is 11.8. The minimum absolute atomic E-state index is 0.0746. The maximum Gasteiger partial charge on any atom is 0.237 e. The molecule has 0 aliphatic carbocycles. The molecule has 6 nitrogen and oxygen atoms in total. The van der Waals surface area contributed by atoms with Crippen molar-refractivity contribution in [2.75, 3.05) is 5.32 Å². The summed E-state index contributed by atoms with van der Waals surface area (Å²) in [7, 11) is 0. The number of aromatic nitrogens is 4. The number of pyridine rings is 1. The third-order valence-electron chi connectivity index (χ3n) is 5.32. The molecule has 0 spiro atoms. The number of nitrogens with zero attached hydrogens (tertiary/aromatic N) is 4. The van der Waals surface area contributed by atoms with Crippen LogP contribution in [0.5, 0.6) is 0 Å². The molecule has 0 bridgehead atoms. The molecule has 1 N–H and O–H groups in total. The van der Waals surface area contributed by atoms with Crippen molar-refractivity contribution in [3.63, 3.8) is 0 Å². The maximum atomic E-state index is 12.9. The summed E-state index contributed by atoms with van der Waals surface area (Å²) in [4.78, 5) is 17.1. The Morgan fingerprint density at radius 1 is 0.970 bits per heavy atom. The van der Waals surface area contributed by atoms with Gasteiger partial charge in [0.1, 0.15) is 0 Å². The van der Waals surface area contributed by atoms with Crippen LogP contribution in [0.4, 0.5) is 5.69 Å². The van der Waals surface area contributed by atoms with Gasteiger partial charge in [0.2, 0.25) is 5.91 Å². The fourth-order valence-electron chi connectivity index (χ4n) is 3.40. The Balaban J connectivity index is 1.54. The second-order valence-corrected chi connectivity index (χ2v) is 9.45. The summed E-state index contributed by atoms with van der Waals surface area (Å²) < 4.78 is 2.04. The normalized spacial score (nSPS) is 12.0. The van der Waals surface area contributed by atoms with Crippen LogP contribution in [-0.2, 0) is 11.3 Å². The molecule has 1 amide bonds. The number of hydrogen-bond acceptors (Lipinski definition) is 5. The van der Waals surface area contributed by atoms with Crippen LogP contribution in [-0.4, -0.2) is 30.9 Å². The molecule has 1 atom stereocenters. The van der Waals surface area contributed by atoms with Crippen molar-refractivity contribution < 1.29 is 4.79 Å². The van der Waals surface area contributed by atoms with Gasteiger partial charge in [0.05, 0.1) is 11.8 Å². The van der Waals surface area contributed by atoms with Crippen molar-refractivity contribution in [2.24, 2.45) is 0 Å². The van der Waals surface area contributed by atoms with Crippen LogP contribution in [0.25, 0.3) is 11.4 Å².